The summed E-state index contributed by atoms with van der Waals surface area (Å²) >= 11 is 13.4. The van der Waals surface area contributed by atoms with Crippen LogP contribution in [-0.4, -0.2) is 4.98 Å². The molecule has 0 unspecified atom stereocenters. The van der Waals surface area contributed by atoms with E-state index in [1.54, 1.807) is 23.7 Å². The minimum atomic E-state index is 0.509. The van der Waals surface area contributed by atoms with E-state index in [1.807, 2.05) is 12.1 Å². The highest BCUT2D eigenvalue weighted by Crippen LogP contribution is 2.35. The number of nitrogen functional groups attached to an aromatic ring is 1. The number of halogens is 2. The highest BCUT2D eigenvalue weighted by atomic mass is 35.5. The molecule has 0 aliphatic heterocycles. The summed E-state index contributed by atoms with van der Waals surface area (Å²) in [5, 5.41) is 1.02. The molecule has 3 aromatic rings. The van der Waals surface area contributed by atoms with Gasteiger partial charge < -0.3 is 10.5 Å². The normalized spacial score (nSPS) is 10.8. The van der Waals surface area contributed by atoms with Crippen LogP contribution in [-0.2, 0) is 0 Å². The van der Waals surface area contributed by atoms with Crippen LogP contribution in [0.3, 0.4) is 0 Å². The molecule has 3 rings (SSSR count). The van der Waals surface area contributed by atoms with Crippen molar-refractivity contribution in [2.24, 2.45) is 0 Å². The van der Waals surface area contributed by atoms with E-state index < -0.39 is 0 Å². The lowest BCUT2D eigenvalue weighted by Crippen LogP contribution is -1.93. The summed E-state index contributed by atoms with van der Waals surface area (Å²) in [6.07, 6.45) is 0. The molecule has 19 heavy (non-hydrogen) atoms. The lowest BCUT2D eigenvalue weighted by Gasteiger charge is -2.09. The zero-order chi connectivity index (χ0) is 13.4. The van der Waals surface area contributed by atoms with E-state index in [2.05, 4.69) is 4.98 Å². The Morgan fingerprint density at radius 2 is 1.84 bits per heavy atom. The van der Waals surface area contributed by atoms with Crippen molar-refractivity contribution in [3.05, 3.63) is 45.9 Å². The molecular weight excluding hydrogens is 303 g/mol. The van der Waals surface area contributed by atoms with E-state index >= 15 is 0 Å². The van der Waals surface area contributed by atoms with Gasteiger partial charge in [-0.1, -0.05) is 23.2 Å². The van der Waals surface area contributed by atoms with Gasteiger partial charge in [-0.15, -0.1) is 11.3 Å². The van der Waals surface area contributed by atoms with E-state index in [9.17, 15) is 0 Å². The topological polar surface area (TPSA) is 48.1 Å². The predicted molar refractivity (Wildman–Crippen MR) is 80.6 cm³/mol. The number of thiazole rings is 1. The van der Waals surface area contributed by atoms with Crippen LogP contribution in [0.2, 0.25) is 10.0 Å². The maximum Gasteiger partial charge on any atom is 0.152 e. The molecular formula is C13H8Cl2N2OS. The highest BCUT2D eigenvalue weighted by molar-refractivity contribution is 7.16. The molecule has 2 N–H and O–H groups in total. The molecule has 1 aromatic heterocycles. The molecule has 0 atom stereocenters. The summed E-state index contributed by atoms with van der Waals surface area (Å²) in [6.45, 7) is 0. The molecule has 0 spiro atoms. The Morgan fingerprint density at radius 3 is 2.58 bits per heavy atom. The lowest BCUT2D eigenvalue weighted by atomic mass is 10.2. The van der Waals surface area contributed by atoms with Gasteiger partial charge in [-0.05, 0) is 30.3 Å². The minimum Gasteiger partial charge on any atom is -0.455 e. The largest absolute Gasteiger partial charge is 0.455 e. The second kappa shape index (κ2) is 4.89. The average Bonchev–Trinajstić information content (AvgIpc) is 2.80. The van der Waals surface area contributed by atoms with Gasteiger partial charge in [-0.25, -0.2) is 4.98 Å². The van der Waals surface area contributed by atoms with Gasteiger partial charge in [0.2, 0.25) is 0 Å². The first kappa shape index (κ1) is 12.5. The molecule has 0 aliphatic rings. The molecule has 0 fully saturated rings. The number of hydrogen-bond acceptors (Lipinski definition) is 4. The van der Waals surface area contributed by atoms with Crippen LogP contribution in [0.5, 0.6) is 11.5 Å². The third-order valence-corrected chi connectivity index (χ3v) is 3.80. The maximum absolute atomic E-state index is 6.04. The lowest BCUT2D eigenvalue weighted by molar-refractivity contribution is 0.486. The Morgan fingerprint density at radius 1 is 1.11 bits per heavy atom. The molecule has 6 heteroatoms. The standard InChI is InChI=1S/C13H8Cl2N2OS/c14-7-3-8(15)5-9(4-7)18-10-1-2-11-13(12(10)16)17-6-19-11/h1-6H,16H2. The highest BCUT2D eigenvalue weighted by Gasteiger charge is 2.09. The quantitative estimate of drug-likeness (QED) is 0.679. The van der Waals surface area contributed by atoms with Crippen LogP contribution in [0.1, 0.15) is 0 Å². The number of rotatable bonds is 2. The number of anilines is 1. The Bertz CT molecular complexity index is 737. The fourth-order valence-corrected chi connectivity index (χ4v) is 2.94. The molecule has 0 bridgehead atoms. The third-order valence-electron chi connectivity index (χ3n) is 2.57. The van der Waals surface area contributed by atoms with E-state index in [1.165, 1.54) is 11.3 Å². The Kier molecular flexibility index (Phi) is 3.22. The minimum absolute atomic E-state index is 0.509. The second-order valence-corrected chi connectivity index (χ2v) is 5.64. The van der Waals surface area contributed by atoms with Crippen LogP contribution in [0.4, 0.5) is 5.69 Å². The Labute approximate surface area is 123 Å². The van der Waals surface area contributed by atoms with Crippen molar-refractivity contribution in [1.82, 2.24) is 4.98 Å². The predicted octanol–water partition coefficient (Wildman–Crippen LogP) is 4.98. The number of nitrogens with zero attached hydrogens (tertiary/aromatic N) is 1. The number of aromatic nitrogens is 1. The molecule has 0 saturated heterocycles. The van der Waals surface area contributed by atoms with Crippen molar-refractivity contribution >= 4 is 50.4 Å². The van der Waals surface area contributed by atoms with Crippen molar-refractivity contribution < 1.29 is 4.74 Å². The summed E-state index contributed by atoms with van der Waals surface area (Å²) in [5.74, 6) is 1.08. The number of hydrogen-bond donors (Lipinski definition) is 1. The van der Waals surface area contributed by atoms with Gasteiger partial charge in [0.25, 0.3) is 0 Å². The number of fused-ring (bicyclic) bond motifs is 1. The first-order chi connectivity index (χ1) is 9.13. The summed E-state index contributed by atoms with van der Waals surface area (Å²) in [5.41, 5.74) is 9.05. The van der Waals surface area contributed by atoms with Crippen molar-refractivity contribution in [2.45, 2.75) is 0 Å². The first-order valence-electron chi connectivity index (χ1n) is 5.39. The van der Waals surface area contributed by atoms with Crippen LogP contribution >= 0.6 is 34.5 Å². The zero-order valence-electron chi connectivity index (χ0n) is 9.56. The first-order valence-corrected chi connectivity index (χ1v) is 7.02. The van der Waals surface area contributed by atoms with Crippen LogP contribution < -0.4 is 10.5 Å². The smallest absolute Gasteiger partial charge is 0.152 e. The third kappa shape index (κ3) is 2.47. The molecule has 1 heterocycles. The molecule has 96 valence electrons. The summed E-state index contributed by atoms with van der Waals surface area (Å²) < 4.78 is 6.74. The van der Waals surface area contributed by atoms with Gasteiger partial charge in [0.05, 0.1) is 10.2 Å². The molecule has 0 aliphatic carbocycles. The molecule has 0 radical (unpaired) electrons. The van der Waals surface area contributed by atoms with E-state index in [-0.39, 0.29) is 0 Å². The molecule has 0 amide bonds. The zero-order valence-corrected chi connectivity index (χ0v) is 11.9. The van der Waals surface area contributed by atoms with Gasteiger partial charge in [0, 0.05) is 10.0 Å². The van der Waals surface area contributed by atoms with E-state index in [0.717, 1.165) is 10.2 Å². The van der Waals surface area contributed by atoms with Gasteiger partial charge in [-0.2, -0.15) is 0 Å². The maximum atomic E-state index is 6.04. The van der Waals surface area contributed by atoms with Crippen LogP contribution in [0.25, 0.3) is 10.2 Å². The van der Waals surface area contributed by atoms with Crippen molar-refractivity contribution in [3.8, 4) is 11.5 Å². The van der Waals surface area contributed by atoms with Gasteiger partial charge in [0.15, 0.2) is 5.75 Å². The monoisotopic (exact) mass is 310 g/mol. The SMILES string of the molecule is Nc1c(Oc2cc(Cl)cc(Cl)c2)ccc2scnc12. The molecule has 0 saturated carbocycles. The van der Waals surface area contributed by atoms with Crippen molar-refractivity contribution in [1.29, 1.82) is 0 Å². The van der Waals surface area contributed by atoms with Crippen molar-refractivity contribution in [2.75, 3.05) is 5.73 Å². The average molecular weight is 311 g/mol. The summed E-state index contributed by atoms with van der Waals surface area (Å²) in [4.78, 5) is 4.22. The summed E-state index contributed by atoms with van der Waals surface area (Å²) in [6, 6.07) is 8.73. The fourth-order valence-electron chi connectivity index (χ4n) is 1.74. The molecule has 2 aromatic carbocycles. The van der Waals surface area contributed by atoms with E-state index in [4.69, 9.17) is 33.7 Å². The number of ether oxygens (including phenoxy) is 1. The van der Waals surface area contributed by atoms with Crippen LogP contribution in [0.15, 0.2) is 35.8 Å². The van der Waals surface area contributed by atoms with Crippen molar-refractivity contribution in [3.63, 3.8) is 0 Å². The second-order valence-electron chi connectivity index (χ2n) is 3.88. The van der Waals surface area contributed by atoms with E-state index in [0.29, 0.717) is 27.2 Å². The Hall–Kier alpha value is -1.49. The summed E-state index contributed by atoms with van der Waals surface area (Å²) in [7, 11) is 0. The van der Waals surface area contributed by atoms with Gasteiger partial charge in [0.1, 0.15) is 17.0 Å². The van der Waals surface area contributed by atoms with Gasteiger partial charge >= 0.3 is 0 Å². The number of benzene rings is 2. The fraction of sp³-hybridized carbons (Fsp3) is 0. The number of nitrogens with two attached hydrogens (primary N) is 1. The van der Waals surface area contributed by atoms with Crippen LogP contribution in [0, 0.1) is 0 Å². The Balaban J connectivity index is 2.02. The van der Waals surface area contributed by atoms with Gasteiger partial charge in [-0.3, -0.25) is 0 Å². The molecule has 3 nitrogen and oxygen atoms in total.